The Morgan fingerprint density at radius 3 is 2.69 bits per heavy atom. The van der Waals surface area contributed by atoms with E-state index in [1.807, 2.05) is 57.3 Å². The minimum absolute atomic E-state index is 0.385. The van der Waals surface area contributed by atoms with Gasteiger partial charge in [-0.3, -0.25) is 0 Å². The van der Waals surface area contributed by atoms with Crippen LogP contribution in [0.25, 0.3) is 10.8 Å². The first-order valence-corrected chi connectivity index (χ1v) is 8.88. The summed E-state index contributed by atoms with van der Waals surface area (Å²) in [5.41, 5.74) is 2.18. The first-order valence-electron chi connectivity index (χ1n) is 8.47. The number of ether oxygens (including phenoxy) is 2. The summed E-state index contributed by atoms with van der Waals surface area (Å²) in [6, 6.07) is 11.5. The van der Waals surface area contributed by atoms with Crippen molar-refractivity contribution in [2.75, 3.05) is 20.8 Å². The highest BCUT2D eigenvalue weighted by atomic mass is 32.1. The molecule has 136 valence electrons. The molecular formula is C20H22N2O3S. The first kappa shape index (κ1) is 18.2. The SMILES string of the molecule is CCOc1ccc2ccccc2c1[C@@H]1NC(=S)N(C)C(C)=C1C(=O)OC. The van der Waals surface area contributed by atoms with E-state index in [1.54, 1.807) is 4.90 Å². The zero-order valence-electron chi connectivity index (χ0n) is 15.3. The maximum atomic E-state index is 12.6. The van der Waals surface area contributed by atoms with E-state index < -0.39 is 6.04 Å². The third-order valence-corrected chi connectivity index (χ3v) is 5.07. The number of methoxy groups -OCH3 is 1. The number of allylic oxidation sites excluding steroid dienone is 1. The Morgan fingerprint density at radius 1 is 1.27 bits per heavy atom. The van der Waals surface area contributed by atoms with Crippen LogP contribution in [0.4, 0.5) is 0 Å². The van der Waals surface area contributed by atoms with E-state index in [0.29, 0.717) is 17.3 Å². The van der Waals surface area contributed by atoms with Crippen molar-refractivity contribution in [2.45, 2.75) is 19.9 Å². The number of hydrogen-bond acceptors (Lipinski definition) is 4. The number of thiocarbonyl (C=S) groups is 1. The number of nitrogens with zero attached hydrogens (tertiary/aromatic N) is 1. The highest BCUT2D eigenvalue weighted by molar-refractivity contribution is 7.80. The van der Waals surface area contributed by atoms with Crippen molar-refractivity contribution in [3.8, 4) is 5.75 Å². The summed E-state index contributed by atoms with van der Waals surface area (Å²) in [5, 5.41) is 5.92. The topological polar surface area (TPSA) is 50.8 Å². The number of carbonyl (C=O) groups excluding carboxylic acids is 1. The number of hydrogen-bond donors (Lipinski definition) is 1. The van der Waals surface area contributed by atoms with E-state index in [-0.39, 0.29) is 5.97 Å². The standard InChI is InChI=1S/C20H22N2O3S/c1-5-25-15-11-10-13-8-6-7-9-14(13)17(15)18-16(19(23)24-4)12(2)22(3)20(26)21-18/h6-11,18H,5H2,1-4H3,(H,21,26)/t18-/m1/s1. The van der Waals surface area contributed by atoms with Crippen LogP contribution in [0.2, 0.25) is 0 Å². The van der Waals surface area contributed by atoms with Gasteiger partial charge in [-0.1, -0.05) is 30.3 Å². The van der Waals surface area contributed by atoms with Crippen molar-refractivity contribution in [3.63, 3.8) is 0 Å². The molecule has 0 fully saturated rings. The van der Waals surface area contributed by atoms with Crippen LogP contribution >= 0.6 is 12.2 Å². The van der Waals surface area contributed by atoms with E-state index in [4.69, 9.17) is 21.7 Å². The van der Waals surface area contributed by atoms with E-state index in [1.165, 1.54) is 7.11 Å². The van der Waals surface area contributed by atoms with Crippen molar-refractivity contribution < 1.29 is 14.3 Å². The van der Waals surface area contributed by atoms with Gasteiger partial charge < -0.3 is 19.7 Å². The Balaban J connectivity index is 2.31. The molecule has 0 unspecified atom stereocenters. The third-order valence-electron chi connectivity index (χ3n) is 4.68. The van der Waals surface area contributed by atoms with Crippen molar-refractivity contribution >= 4 is 34.1 Å². The molecule has 2 aromatic carbocycles. The molecule has 2 aromatic rings. The normalized spacial score (nSPS) is 17.3. The first-order chi connectivity index (χ1) is 12.5. The lowest BCUT2D eigenvalue weighted by Gasteiger charge is -2.36. The molecule has 0 saturated heterocycles. The van der Waals surface area contributed by atoms with Gasteiger partial charge in [0.2, 0.25) is 0 Å². The summed E-state index contributed by atoms with van der Waals surface area (Å²) < 4.78 is 10.9. The lowest BCUT2D eigenvalue weighted by Crippen LogP contribution is -2.46. The Labute approximate surface area is 158 Å². The highest BCUT2D eigenvalue weighted by Gasteiger charge is 2.35. The predicted molar refractivity (Wildman–Crippen MR) is 106 cm³/mol. The van der Waals surface area contributed by atoms with E-state index in [2.05, 4.69) is 5.32 Å². The summed E-state index contributed by atoms with van der Waals surface area (Å²) in [6.45, 7) is 4.34. The number of benzene rings is 2. The largest absolute Gasteiger partial charge is 0.493 e. The van der Waals surface area contributed by atoms with Crippen molar-refractivity contribution in [2.24, 2.45) is 0 Å². The second kappa shape index (κ2) is 7.33. The molecule has 1 atom stereocenters. The van der Waals surface area contributed by atoms with Crippen molar-refractivity contribution in [3.05, 3.63) is 53.2 Å². The fourth-order valence-electron chi connectivity index (χ4n) is 3.28. The van der Waals surface area contributed by atoms with Crippen LogP contribution in [0.5, 0.6) is 5.75 Å². The maximum Gasteiger partial charge on any atom is 0.337 e. The van der Waals surface area contributed by atoms with Gasteiger partial charge in [0.05, 0.1) is 25.3 Å². The molecule has 0 saturated carbocycles. The fraction of sp³-hybridized carbons (Fsp3) is 0.300. The predicted octanol–water partition coefficient (Wildman–Crippen LogP) is 3.55. The van der Waals surface area contributed by atoms with Gasteiger partial charge in [0, 0.05) is 18.3 Å². The fourth-order valence-corrected chi connectivity index (χ4v) is 3.54. The van der Waals surface area contributed by atoms with Crippen molar-refractivity contribution in [1.29, 1.82) is 0 Å². The van der Waals surface area contributed by atoms with Gasteiger partial charge in [-0.2, -0.15) is 0 Å². The van der Waals surface area contributed by atoms with Crippen LogP contribution in [-0.4, -0.2) is 36.7 Å². The molecule has 6 heteroatoms. The van der Waals surface area contributed by atoms with Gasteiger partial charge in [0.25, 0.3) is 0 Å². The molecule has 0 amide bonds. The monoisotopic (exact) mass is 370 g/mol. The van der Waals surface area contributed by atoms with Gasteiger partial charge in [-0.05, 0) is 42.9 Å². The second-order valence-corrected chi connectivity index (χ2v) is 6.45. The molecular weight excluding hydrogens is 348 g/mol. The Morgan fingerprint density at radius 2 is 2.00 bits per heavy atom. The van der Waals surface area contributed by atoms with Crippen molar-refractivity contribution in [1.82, 2.24) is 10.2 Å². The molecule has 0 aromatic heterocycles. The zero-order chi connectivity index (χ0) is 18.8. The highest BCUT2D eigenvalue weighted by Crippen LogP contribution is 2.39. The molecule has 1 heterocycles. The molecule has 1 N–H and O–H groups in total. The summed E-state index contributed by atoms with van der Waals surface area (Å²) in [6.07, 6.45) is 0. The van der Waals surface area contributed by atoms with Crippen LogP contribution in [0.15, 0.2) is 47.7 Å². The van der Waals surface area contributed by atoms with E-state index in [0.717, 1.165) is 27.8 Å². The number of esters is 1. The van der Waals surface area contributed by atoms with Gasteiger partial charge in [0.15, 0.2) is 5.11 Å². The molecule has 0 radical (unpaired) electrons. The summed E-state index contributed by atoms with van der Waals surface area (Å²) in [4.78, 5) is 14.4. The molecule has 0 bridgehead atoms. The average molecular weight is 370 g/mol. The Bertz CT molecular complexity index is 907. The van der Waals surface area contributed by atoms with Gasteiger partial charge >= 0.3 is 5.97 Å². The quantitative estimate of drug-likeness (QED) is 0.656. The lowest BCUT2D eigenvalue weighted by atomic mass is 9.90. The molecule has 3 rings (SSSR count). The van der Waals surface area contributed by atoms with Gasteiger partial charge in [0.1, 0.15) is 5.75 Å². The Hall–Kier alpha value is -2.60. The second-order valence-electron chi connectivity index (χ2n) is 6.06. The summed E-state index contributed by atoms with van der Waals surface area (Å²) in [7, 11) is 3.22. The van der Waals surface area contributed by atoms with Crippen LogP contribution in [0.1, 0.15) is 25.5 Å². The average Bonchev–Trinajstić information content (AvgIpc) is 2.65. The van der Waals surface area contributed by atoms with Crippen LogP contribution < -0.4 is 10.1 Å². The van der Waals surface area contributed by atoms with Crippen LogP contribution in [-0.2, 0) is 9.53 Å². The molecule has 26 heavy (non-hydrogen) atoms. The van der Waals surface area contributed by atoms with Crippen LogP contribution in [0, 0.1) is 0 Å². The van der Waals surface area contributed by atoms with Crippen LogP contribution in [0.3, 0.4) is 0 Å². The minimum atomic E-state index is -0.446. The molecule has 5 nitrogen and oxygen atoms in total. The van der Waals surface area contributed by atoms with Gasteiger partial charge in [-0.15, -0.1) is 0 Å². The molecule has 1 aliphatic rings. The van der Waals surface area contributed by atoms with E-state index >= 15 is 0 Å². The van der Waals surface area contributed by atoms with E-state index in [9.17, 15) is 4.79 Å². The summed E-state index contributed by atoms with van der Waals surface area (Å²) in [5.74, 6) is 0.343. The molecule has 1 aliphatic heterocycles. The number of nitrogens with one attached hydrogen (secondary N) is 1. The maximum absolute atomic E-state index is 12.6. The number of carbonyl (C=O) groups is 1. The summed E-state index contributed by atoms with van der Waals surface area (Å²) >= 11 is 5.48. The molecule has 0 spiro atoms. The van der Waals surface area contributed by atoms with Gasteiger partial charge in [-0.25, -0.2) is 4.79 Å². The number of fused-ring (bicyclic) bond motifs is 1. The number of rotatable bonds is 4. The zero-order valence-corrected chi connectivity index (χ0v) is 16.1. The Kier molecular flexibility index (Phi) is 5.13. The third kappa shape index (κ3) is 3.01. The molecule has 0 aliphatic carbocycles. The minimum Gasteiger partial charge on any atom is -0.493 e. The lowest BCUT2D eigenvalue weighted by molar-refractivity contribution is -0.136. The smallest absolute Gasteiger partial charge is 0.337 e.